The zero-order valence-corrected chi connectivity index (χ0v) is 24.2. The fourth-order valence-corrected chi connectivity index (χ4v) is 5.17. The maximum absolute atomic E-state index is 10.6. The predicted octanol–water partition coefficient (Wildman–Crippen LogP) is 8.73. The minimum atomic E-state index is -0.538. The van der Waals surface area contributed by atoms with Crippen molar-refractivity contribution in [2.75, 3.05) is 13.2 Å². The summed E-state index contributed by atoms with van der Waals surface area (Å²) in [7, 11) is 0. The number of ketones is 1. The van der Waals surface area contributed by atoms with Gasteiger partial charge in [-0.3, -0.25) is 4.79 Å². The van der Waals surface area contributed by atoms with Gasteiger partial charge in [0.15, 0.2) is 0 Å². The second-order valence-corrected chi connectivity index (χ2v) is 11.0. The van der Waals surface area contributed by atoms with Crippen molar-refractivity contribution >= 4 is 21.7 Å². The number of rotatable bonds is 3. The van der Waals surface area contributed by atoms with Crippen LogP contribution < -0.4 is 0 Å². The molecule has 4 heteroatoms. The molecule has 2 aromatic carbocycles. The van der Waals surface area contributed by atoms with Gasteiger partial charge in [-0.2, -0.15) is 0 Å². The quantitative estimate of drug-likeness (QED) is 0.409. The first-order chi connectivity index (χ1) is 17.5. The predicted molar refractivity (Wildman–Crippen MR) is 154 cm³/mol. The molecule has 2 aromatic rings. The summed E-state index contributed by atoms with van der Waals surface area (Å²) in [5.41, 5.74) is 3.29. The van der Waals surface area contributed by atoms with Crippen molar-refractivity contribution in [1.29, 1.82) is 0 Å². The maximum atomic E-state index is 10.6. The molecule has 1 heterocycles. The number of ether oxygens (including phenoxy) is 1. The normalized spacial score (nSPS) is 18.5. The van der Waals surface area contributed by atoms with Crippen molar-refractivity contribution in [3.05, 3.63) is 69.7 Å². The average Bonchev–Trinajstić information content (AvgIpc) is 3.51. The van der Waals surface area contributed by atoms with E-state index in [1.165, 1.54) is 41.3 Å². The molecule has 0 bridgehead atoms. The highest BCUT2D eigenvalue weighted by Crippen LogP contribution is 2.37. The largest absolute Gasteiger partial charge is 0.385 e. The van der Waals surface area contributed by atoms with Crippen LogP contribution in [-0.4, -0.2) is 24.1 Å². The van der Waals surface area contributed by atoms with Crippen molar-refractivity contribution in [2.45, 2.75) is 109 Å². The summed E-state index contributed by atoms with van der Waals surface area (Å²) in [6.45, 7) is 6.31. The molecule has 0 amide bonds. The fourth-order valence-electron chi connectivity index (χ4n) is 4.72. The van der Waals surface area contributed by atoms with Gasteiger partial charge in [-0.1, -0.05) is 91.9 Å². The monoisotopic (exact) mass is 558 g/mol. The van der Waals surface area contributed by atoms with E-state index < -0.39 is 5.60 Å². The van der Waals surface area contributed by atoms with Crippen LogP contribution in [0.1, 0.15) is 108 Å². The molecule has 3 fully saturated rings. The van der Waals surface area contributed by atoms with Gasteiger partial charge in [-0.25, -0.2) is 0 Å². The van der Waals surface area contributed by atoms with E-state index in [1.54, 1.807) is 0 Å². The molecule has 0 atom stereocenters. The Kier molecular flexibility index (Phi) is 15.3. The van der Waals surface area contributed by atoms with Gasteiger partial charge in [0.1, 0.15) is 5.78 Å². The van der Waals surface area contributed by atoms with Gasteiger partial charge < -0.3 is 9.84 Å². The summed E-state index contributed by atoms with van der Waals surface area (Å²) in [6, 6.07) is 16.8. The molecule has 0 spiro atoms. The number of carbonyl (C=O) groups excluding carboxylic acids is 1. The van der Waals surface area contributed by atoms with E-state index in [9.17, 15) is 9.90 Å². The summed E-state index contributed by atoms with van der Waals surface area (Å²) in [5, 5.41) is 10.6. The Hall–Kier alpha value is -1.49. The highest BCUT2D eigenvalue weighted by molar-refractivity contribution is 9.10. The molecule has 1 N–H and O–H groups in total. The van der Waals surface area contributed by atoms with E-state index in [0.29, 0.717) is 5.78 Å². The third kappa shape index (κ3) is 12.2. The highest BCUT2D eigenvalue weighted by Gasteiger charge is 2.30. The zero-order chi connectivity index (χ0) is 26.1. The molecule has 200 valence electrons. The standard InChI is InChI=1S/C14H20O.C8H9Br.C6H10O.C4H8O/c1-2-12-7-6-8-13(11-12)14(15)9-4-3-5-10-14;1-2-7-4-3-5-8(9)6-7;7-6-4-2-1-3-5-6;1-2-4-5-3-1/h6-8,11,15H,2-5,9-10H2,1H3;3-6H,2H2,1H3;1-5H2;1-4H2. The SMILES string of the molecule is C1CCOC1.CCc1cccc(Br)c1.CCc1cccc(C2(O)CCCCC2)c1.O=C1CCCCC1. The Morgan fingerprint density at radius 3 is 1.78 bits per heavy atom. The Labute approximate surface area is 228 Å². The average molecular weight is 560 g/mol. The highest BCUT2D eigenvalue weighted by atomic mass is 79.9. The molecule has 3 aliphatic rings. The second kappa shape index (κ2) is 17.9. The number of carbonyl (C=O) groups is 1. The minimum Gasteiger partial charge on any atom is -0.385 e. The van der Waals surface area contributed by atoms with Crippen LogP contribution in [0.25, 0.3) is 0 Å². The topological polar surface area (TPSA) is 46.5 Å². The summed E-state index contributed by atoms with van der Waals surface area (Å²) in [6.07, 6.45) is 15.4. The molecular formula is C32H47BrO3. The van der Waals surface area contributed by atoms with Gasteiger partial charge >= 0.3 is 0 Å². The Bertz CT molecular complexity index is 854. The molecule has 2 saturated carbocycles. The summed E-state index contributed by atoms with van der Waals surface area (Å²) >= 11 is 3.40. The lowest BCUT2D eigenvalue weighted by molar-refractivity contribution is -0.120. The fraction of sp³-hybridized carbons (Fsp3) is 0.594. The first-order valence-electron chi connectivity index (χ1n) is 14.1. The Morgan fingerprint density at radius 1 is 0.778 bits per heavy atom. The van der Waals surface area contributed by atoms with Crippen molar-refractivity contribution in [1.82, 2.24) is 0 Å². The van der Waals surface area contributed by atoms with Crippen LogP contribution in [0.4, 0.5) is 0 Å². The van der Waals surface area contributed by atoms with E-state index in [4.69, 9.17) is 4.74 Å². The number of aliphatic hydroxyl groups is 1. The number of halogens is 1. The Balaban J connectivity index is 0.000000185. The minimum absolute atomic E-state index is 0.464. The third-order valence-corrected chi connectivity index (χ3v) is 7.58. The summed E-state index contributed by atoms with van der Waals surface area (Å²) in [4.78, 5) is 10.5. The Morgan fingerprint density at radius 2 is 1.33 bits per heavy atom. The van der Waals surface area contributed by atoms with Crippen molar-refractivity contribution < 1.29 is 14.6 Å². The van der Waals surface area contributed by atoms with Gasteiger partial charge in [-0.15, -0.1) is 0 Å². The van der Waals surface area contributed by atoms with Gasteiger partial charge in [0, 0.05) is 30.5 Å². The van der Waals surface area contributed by atoms with Crippen LogP contribution in [-0.2, 0) is 28.0 Å². The van der Waals surface area contributed by atoms with E-state index in [0.717, 1.165) is 83.0 Å². The lowest BCUT2D eigenvalue weighted by atomic mass is 9.79. The van der Waals surface area contributed by atoms with Crippen LogP contribution in [0.2, 0.25) is 0 Å². The van der Waals surface area contributed by atoms with Gasteiger partial charge in [0.05, 0.1) is 5.60 Å². The molecule has 1 saturated heterocycles. The summed E-state index contributed by atoms with van der Waals surface area (Å²) in [5.74, 6) is 0.464. The molecule has 1 aliphatic heterocycles. The maximum Gasteiger partial charge on any atom is 0.132 e. The van der Waals surface area contributed by atoms with Crippen LogP contribution in [0.3, 0.4) is 0 Å². The van der Waals surface area contributed by atoms with E-state index >= 15 is 0 Å². The molecule has 3 nitrogen and oxygen atoms in total. The molecular weight excluding hydrogens is 512 g/mol. The van der Waals surface area contributed by atoms with Gasteiger partial charge in [0.2, 0.25) is 0 Å². The second-order valence-electron chi connectivity index (χ2n) is 10.0. The number of Topliss-reactive ketones (excluding diaryl/α,β-unsaturated/α-hetero) is 1. The van der Waals surface area contributed by atoms with Crippen LogP contribution in [0, 0.1) is 0 Å². The smallest absolute Gasteiger partial charge is 0.132 e. The summed E-state index contributed by atoms with van der Waals surface area (Å²) < 4.78 is 6.11. The first kappa shape index (κ1) is 30.7. The van der Waals surface area contributed by atoms with Crippen LogP contribution >= 0.6 is 15.9 Å². The molecule has 2 aliphatic carbocycles. The molecule has 0 unspecified atom stereocenters. The van der Waals surface area contributed by atoms with Gasteiger partial charge in [0.25, 0.3) is 0 Å². The third-order valence-electron chi connectivity index (χ3n) is 7.09. The molecule has 0 aromatic heterocycles. The van der Waals surface area contributed by atoms with E-state index in [2.05, 4.69) is 72.2 Å². The molecule has 36 heavy (non-hydrogen) atoms. The van der Waals surface area contributed by atoms with Crippen molar-refractivity contribution in [3.8, 4) is 0 Å². The number of hydrogen-bond donors (Lipinski definition) is 1. The van der Waals surface area contributed by atoms with Crippen molar-refractivity contribution in [3.63, 3.8) is 0 Å². The lowest BCUT2D eigenvalue weighted by Crippen LogP contribution is -2.28. The van der Waals surface area contributed by atoms with Crippen molar-refractivity contribution in [2.24, 2.45) is 0 Å². The number of hydrogen-bond acceptors (Lipinski definition) is 3. The van der Waals surface area contributed by atoms with Crippen LogP contribution in [0.5, 0.6) is 0 Å². The number of benzene rings is 2. The zero-order valence-electron chi connectivity index (χ0n) is 22.6. The molecule has 0 radical (unpaired) electrons. The van der Waals surface area contributed by atoms with Gasteiger partial charge in [-0.05, 0) is 80.2 Å². The lowest BCUT2D eigenvalue weighted by Gasteiger charge is -2.32. The first-order valence-corrected chi connectivity index (χ1v) is 14.9. The van der Waals surface area contributed by atoms with Crippen LogP contribution in [0.15, 0.2) is 53.0 Å². The number of aryl methyl sites for hydroxylation is 2. The van der Waals surface area contributed by atoms with E-state index in [-0.39, 0.29) is 0 Å². The van der Waals surface area contributed by atoms with E-state index in [1.807, 2.05) is 6.07 Å². The molecule has 5 rings (SSSR count).